The van der Waals surface area contributed by atoms with Crippen LogP contribution in [0, 0.1) is 5.41 Å². The van der Waals surface area contributed by atoms with Gasteiger partial charge in [0.15, 0.2) is 5.96 Å². The molecule has 1 fully saturated rings. The molecule has 1 atom stereocenters. The summed E-state index contributed by atoms with van der Waals surface area (Å²) in [6, 6.07) is 8.26. The lowest BCUT2D eigenvalue weighted by Gasteiger charge is -2.35. The molecule has 1 aliphatic heterocycles. The zero-order valence-electron chi connectivity index (χ0n) is 16.0. The number of nitrogens with zero attached hydrogens (tertiary/aromatic N) is 1. The van der Waals surface area contributed by atoms with E-state index in [9.17, 15) is 5.11 Å². The largest absolute Gasteiger partial charge is 0.488 e. The van der Waals surface area contributed by atoms with Crippen molar-refractivity contribution in [3.05, 3.63) is 29.8 Å². The number of nitrogens with one attached hydrogen (secondary N) is 2. The summed E-state index contributed by atoms with van der Waals surface area (Å²) in [7, 11) is 0. The minimum absolute atomic E-state index is 0.150. The molecule has 144 valence electrons. The van der Waals surface area contributed by atoms with Crippen LogP contribution in [0.2, 0.25) is 0 Å². The molecule has 0 amide bonds. The highest BCUT2D eigenvalue weighted by molar-refractivity contribution is 5.79. The monoisotopic (exact) mass is 359 g/mol. The van der Waals surface area contributed by atoms with Gasteiger partial charge in [-0.3, -0.25) is 4.99 Å². The number of guanidine groups is 1. The lowest BCUT2D eigenvalue weighted by molar-refractivity contribution is 0.137. The molecular formula is C21H33N3O2. The first-order valence-corrected chi connectivity index (χ1v) is 10.1. The van der Waals surface area contributed by atoms with E-state index in [0.29, 0.717) is 0 Å². The first kappa shape index (κ1) is 19.0. The summed E-state index contributed by atoms with van der Waals surface area (Å²) in [6.45, 7) is 4.71. The molecule has 2 aliphatic rings. The minimum Gasteiger partial charge on any atom is -0.488 e. The predicted octanol–water partition coefficient (Wildman–Crippen LogP) is 2.88. The number of benzene rings is 1. The van der Waals surface area contributed by atoms with Gasteiger partial charge >= 0.3 is 0 Å². The van der Waals surface area contributed by atoms with Gasteiger partial charge in [-0.1, -0.05) is 37.5 Å². The Morgan fingerprint density at radius 3 is 2.77 bits per heavy atom. The summed E-state index contributed by atoms with van der Waals surface area (Å²) in [4.78, 5) is 4.87. The van der Waals surface area contributed by atoms with Crippen molar-refractivity contribution in [2.75, 3.05) is 26.2 Å². The first-order chi connectivity index (χ1) is 12.7. The Balaban J connectivity index is 1.55. The van der Waals surface area contributed by atoms with E-state index < -0.39 is 0 Å². The number of ether oxygens (including phenoxy) is 1. The van der Waals surface area contributed by atoms with Crippen LogP contribution in [0.15, 0.2) is 29.3 Å². The topological polar surface area (TPSA) is 65.9 Å². The van der Waals surface area contributed by atoms with Crippen molar-refractivity contribution in [1.29, 1.82) is 0 Å². The minimum atomic E-state index is 0.150. The van der Waals surface area contributed by atoms with E-state index in [4.69, 9.17) is 9.73 Å². The molecule has 0 spiro atoms. The Hall–Kier alpha value is -1.75. The van der Waals surface area contributed by atoms with Crippen LogP contribution in [0.25, 0.3) is 0 Å². The number of aliphatic hydroxyl groups excluding tert-OH is 1. The first-order valence-electron chi connectivity index (χ1n) is 10.1. The molecule has 5 heteroatoms. The molecule has 0 aromatic heterocycles. The summed E-state index contributed by atoms with van der Waals surface area (Å²) < 4.78 is 6.01. The van der Waals surface area contributed by atoms with E-state index in [-0.39, 0.29) is 18.1 Å². The SMILES string of the molecule is CCNC(=NCC1(CCO)CCCCC1)NCC1Cc2ccccc2O1. The number of aliphatic imine (C=N–C) groups is 1. The number of rotatable bonds is 7. The average Bonchev–Trinajstić information content (AvgIpc) is 3.08. The third-order valence-corrected chi connectivity index (χ3v) is 5.68. The van der Waals surface area contributed by atoms with Gasteiger partial charge in [0, 0.05) is 26.1 Å². The van der Waals surface area contributed by atoms with Crippen molar-refractivity contribution in [1.82, 2.24) is 10.6 Å². The lowest BCUT2D eigenvalue weighted by atomic mass is 9.72. The Kier molecular flexibility index (Phi) is 6.78. The van der Waals surface area contributed by atoms with Gasteiger partial charge in [-0.25, -0.2) is 0 Å². The number of hydrogen-bond donors (Lipinski definition) is 3. The Morgan fingerprint density at radius 1 is 1.23 bits per heavy atom. The molecule has 3 N–H and O–H groups in total. The van der Waals surface area contributed by atoms with Gasteiger partial charge in [-0.2, -0.15) is 0 Å². The quantitative estimate of drug-likeness (QED) is 0.517. The van der Waals surface area contributed by atoms with Crippen LogP contribution in [-0.4, -0.2) is 43.4 Å². The summed E-state index contributed by atoms with van der Waals surface area (Å²) in [5, 5.41) is 16.3. The van der Waals surface area contributed by atoms with Crippen LogP contribution in [-0.2, 0) is 6.42 Å². The number of fused-ring (bicyclic) bond motifs is 1. The fraction of sp³-hybridized carbons (Fsp3) is 0.667. The third kappa shape index (κ3) is 4.91. The molecule has 0 saturated heterocycles. The average molecular weight is 360 g/mol. The maximum atomic E-state index is 9.49. The second-order valence-corrected chi connectivity index (χ2v) is 7.66. The molecule has 1 heterocycles. The summed E-state index contributed by atoms with van der Waals surface area (Å²) >= 11 is 0. The molecule has 1 aliphatic carbocycles. The second kappa shape index (κ2) is 9.26. The van der Waals surface area contributed by atoms with Gasteiger partial charge in [0.1, 0.15) is 11.9 Å². The smallest absolute Gasteiger partial charge is 0.191 e. The highest BCUT2D eigenvalue weighted by Gasteiger charge is 2.31. The number of aliphatic hydroxyl groups is 1. The molecule has 1 aromatic carbocycles. The molecule has 26 heavy (non-hydrogen) atoms. The maximum Gasteiger partial charge on any atom is 0.191 e. The zero-order valence-corrected chi connectivity index (χ0v) is 16.0. The van der Waals surface area contributed by atoms with E-state index in [1.54, 1.807) is 0 Å². The molecule has 0 bridgehead atoms. The van der Waals surface area contributed by atoms with E-state index >= 15 is 0 Å². The van der Waals surface area contributed by atoms with Crippen molar-refractivity contribution >= 4 is 5.96 Å². The van der Waals surface area contributed by atoms with Gasteiger partial charge in [0.05, 0.1) is 6.54 Å². The molecule has 1 saturated carbocycles. The van der Waals surface area contributed by atoms with E-state index in [1.807, 2.05) is 12.1 Å². The highest BCUT2D eigenvalue weighted by Crippen LogP contribution is 2.39. The fourth-order valence-electron chi connectivity index (χ4n) is 4.19. The Labute approximate surface area is 157 Å². The second-order valence-electron chi connectivity index (χ2n) is 7.66. The van der Waals surface area contributed by atoms with Gasteiger partial charge < -0.3 is 20.5 Å². The van der Waals surface area contributed by atoms with Crippen LogP contribution < -0.4 is 15.4 Å². The zero-order chi connectivity index (χ0) is 18.2. The molecular weight excluding hydrogens is 326 g/mol. The standard InChI is InChI=1S/C21H33N3O2/c1-2-22-20(24-16-21(12-13-25)10-6-3-7-11-21)23-15-18-14-17-8-4-5-9-19(17)26-18/h4-5,8-9,18,25H,2-3,6-7,10-16H2,1H3,(H2,22,23,24). The molecule has 3 rings (SSSR count). The highest BCUT2D eigenvalue weighted by atomic mass is 16.5. The molecule has 1 unspecified atom stereocenters. The predicted molar refractivity (Wildman–Crippen MR) is 106 cm³/mol. The van der Waals surface area contributed by atoms with Gasteiger partial charge in [0.2, 0.25) is 0 Å². The summed E-state index contributed by atoms with van der Waals surface area (Å²) in [5.74, 6) is 1.86. The van der Waals surface area contributed by atoms with Gasteiger partial charge in [-0.15, -0.1) is 0 Å². The molecule has 5 nitrogen and oxygen atoms in total. The van der Waals surface area contributed by atoms with Crippen molar-refractivity contribution in [2.24, 2.45) is 10.4 Å². The summed E-state index contributed by atoms with van der Waals surface area (Å²) in [5.41, 5.74) is 1.46. The van der Waals surface area contributed by atoms with Crippen LogP contribution in [0.4, 0.5) is 0 Å². The van der Waals surface area contributed by atoms with Crippen molar-refractivity contribution < 1.29 is 9.84 Å². The van der Waals surface area contributed by atoms with Crippen LogP contribution >= 0.6 is 0 Å². The van der Waals surface area contributed by atoms with Crippen molar-refractivity contribution in [2.45, 2.75) is 58.0 Å². The molecule has 0 radical (unpaired) electrons. The van der Waals surface area contributed by atoms with Crippen LogP contribution in [0.3, 0.4) is 0 Å². The third-order valence-electron chi connectivity index (χ3n) is 5.68. The lowest BCUT2D eigenvalue weighted by Crippen LogP contribution is -2.43. The van der Waals surface area contributed by atoms with E-state index in [2.05, 4.69) is 29.7 Å². The molecule has 1 aromatic rings. The fourth-order valence-corrected chi connectivity index (χ4v) is 4.19. The Bertz CT molecular complexity index is 566. The van der Waals surface area contributed by atoms with Gasteiger partial charge in [-0.05, 0) is 43.2 Å². The number of para-hydroxylation sites is 1. The number of hydrogen-bond acceptors (Lipinski definition) is 3. The van der Waals surface area contributed by atoms with Crippen molar-refractivity contribution in [3.8, 4) is 5.75 Å². The normalized spacial score (nSPS) is 21.8. The van der Waals surface area contributed by atoms with Crippen LogP contribution in [0.1, 0.15) is 51.0 Å². The van der Waals surface area contributed by atoms with Crippen molar-refractivity contribution in [3.63, 3.8) is 0 Å². The van der Waals surface area contributed by atoms with Crippen LogP contribution in [0.5, 0.6) is 5.75 Å². The Morgan fingerprint density at radius 2 is 2.04 bits per heavy atom. The van der Waals surface area contributed by atoms with E-state index in [1.165, 1.54) is 37.7 Å². The maximum absolute atomic E-state index is 9.49. The summed E-state index contributed by atoms with van der Waals surface area (Å²) in [6.07, 6.45) is 8.14. The van der Waals surface area contributed by atoms with E-state index in [0.717, 1.165) is 44.2 Å². The van der Waals surface area contributed by atoms with Gasteiger partial charge in [0.25, 0.3) is 0 Å².